The minimum atomic E-state index is -0.0916. The standard InChI is InChI=1S/C18H24N2O2/c21-18(20-16-6-3-7-17(20)9-8-16)22-13-19-11-10-14-4-1-2-5-15(14)12-19/h1-2,4-5,16-17H,3,6-13H2. The van der Waals surface area contributed by atoms with E-state index < -0.39 is 0 Å². The predicted octanol–water partition coefficient (Wildman–Crippen LogP) is 3.16. The van der Waals surface area contributed by atoms with E-state index in [0.717, 1.165) is 45.2 Å². The number of piperidine rings is 1. The largest absolute Gasteiger partial charge is 0.433 e. The lowest BCUT2D eigenvalue weighted by Crippen LogP contribution is -2.45. The van der Waals surface area contributed by atoms with Crippen LogP contribution in [0.1, 0.15) is 43.2 Å². The summed E-state index contributed by atoms with van der Waals surface area (Å²) < 4.78 is 5.63. The van der Waals surface area contributed by atoms with Gasteiger partial charge in [0.2, 0.25) is 0 Å². The highest BCUT2D eigenvalue weighted by atomic mass is 16.6. The summed E-state index contributed by atoms with van der Waals surface area (Å²) in [6.07, 6.45) is 6.86. The molecule has 0 aromatic heterocycles. The maximum atomic E-state index is 12.4. The van der Waals surface area contributed by atoms with Crippen molar-refractivity contribution in [3.8, 4) is 0 Å². The van der Waals surface area contributed by atoms with Gasteiger partial charge in [-0.3, -0.25) is 4.90 Å². The fraction of sp³-hybridized carbons (Fsp3) is 0.611. The number of amides is 1. The van der Waals surface area contributed by atoms with Crippen LogP contribution in [-0.4, -0.2) is 41.3 Å². The summed E-state index contributed by atoms with van der Waals surface area (Å²) in [6, 6.07) is 9.43. The van der Waals surface area contributed by atoms with Crippen molar-refractivity contribution < 1.29 is 9.53 Å². The molecule has 0 N–H and O–H groups in total. The summed E-state index contributed by atoms with van der Waals surface area (Å²) in [5, 5.41) is 0. The SMILES string of the molecule is O=C(OCN1CCc2ccccc2C1)N1C2CCCC1CC2. The smallest absolute Gasteiger partial charge is 0.411 e. The monoisotopic (exact) mass is 300 g/mol. The van der Waals surface area contributed by atoms with Gasteiger partial charge in [-0.15, -0.1) is 0 Å². The summed E-state index contributed by atoms with van der Waals surface area (Å²) >= 11 is 0. The number of benzene rings is 1. The lowest BCUT2D eigenvalue weighted by atomic mass is 10.0. The number of hydrogen-bond acceptors (Lipinski definition) is 3. The number of carbonyl (C=O) groups excluding carboxylic acids is 1. The molecule has 3 aliphatic heterocycles. The first-order valence-corrected chi connectivity index (χ1v) is 8.55. The number of ether oxygens (including phenoxy) is 1. The van der Waals surface area contributed by atoms with E-state index in [2.05, 4.69) is 29.2 Å². The lowest BCUT2D eigenvalue weighted by Gasteiger charge is -2.35. The van der Waals surface area contributed by atoms with Crippen LogP contribution in [0.4, 0.5) is 4.79 Å². The second-order valence-electron chi connectivity index (χ2n) is 6.83. The van der Waals surface area contributed by atoms with Gasteiger partial charge in [0.05, 0.1) is 0 Å². The van der Waals surface area contributed by atoms with E-state index in [9.17, 15) is 4.79 Å². The van der Waals surface area contributed by atoms with Gasteiger partial charge in [-0.25, -0.2) is 4.79 Å². The zero-order valence-corrected chi connectivity index (χ0v) is 13.0. The van der Waals surface area contributed by atoms with Gasteiger partial charge in [-0.1, -0.05) is 24.3 Å². The highest BCUT2D eigenvalue weighted by Gasteiger charge is 2.40. The van der Waals surface area contributed by atoms with Crippen molar-refractivity contribution in [1.29, 1.82) is 0 Å². The van der Waals surface area contributed by atoms with Crippen molar-refractivity contribution in [2.24, 2.45) is 0 Å². The first-order valence-electron chi connectivity index (χ1n) is 8.55. The number of nitrogens with zero attached hydrogens (tertiary/aromatic N) is 2. The first kappa shape index (κ1) is 14.1. The van der Waals surface area contributed by atoms with Gasteiger partial charge in [0.25, 0.3) is 0 Å². The summed E-state index contributed by atoms with van der Waals surface area (Å²) in [7, 11) is 0. The molecule has 4 rings (SSSR count). The van der Waals surface area contributed by atoms with Crippen LogP contribution in [-0.2, 0) is 17.7 Å². The van der Waals surface area contributed by atoms with E-state index in [1.807, 2.05) is 4.90 Å². The quantitative estimate of drug-likeness (QED) is 0.841. The molecule has 2 atom stereocenters. The van der Waals surface area contributed by atoms with Gasteiger partial charge in [-0.2, -0.15) is 0 Å². The zero-order valence-electron chi connectivity index (χ0n) is 13.0. The van der Waals surface area contributed by atoms with Gasteiger partial charge < -0.3 is 9.64 Å². The number of hydrogen-bond donors (Lipinski definition) is 0. The van der Waals surface area contributed by atoms with E-state index in [4.69, 9.17) is 4.74 Å². The van der Waals surface area contributed by atoms with Crippen molar-refractivity contribution >= 4 is 6.09 Å². The van der Waals surface area contributed by atoms with E-state index in [-0.39, 0.29) is 6.09 Å². The topological polar surface area (TPSA) is 32.8 Å². The Morgan fingerprint density at radius 1 is 1.09 bits per heavy atom. The molecule has 2 saturated heterocycles. The Morgan fingerprint density at radius 2 is 1.82 bits per heavy atom. The Kier molecular flexibility index (Phi) is 3.78. The van der Waals surface area contributed by atoms with E-state index in [1.54, 1.807) is 0 Å². The molecule has 4 nitrogen and oxygen atoms in total. The maximum absolute atomic E-state index is 12.4. The molecule has 2 fully saturated rings. The van der Waals surface area contributed by atoms with Crippen LogP contribution in [0.5, 0.6) is 0 Å². The van der Waals surface area contributed by atoms with Crippen molar-refractivity contribution in [1.82, 2.24) is 9.80 Å². The number of rotatable bonds is 2. The number of carbonyl (C=O) groups is 1. The molecule has 1 aromatic rings. The maximum Gasteiger partial charge on any atom is 0.411 e. The van der Waals surface area contributed by atoms with Crippen LogP contribution in [0.15, 0.2) is 24.3 Å². The Morgan fingerprint density at radius 3 is 2.59 bits per heavy atom. The third kappa shape index (κ3) is 2.60. The third-order valence-corrected chi connectivity index (χ3v) is 5.49. The number of fused-ring (bicyclic) bond motifs is 3. The van der Waals surface area contributed by atoms with Gasteiger partial charge in [-0.05, 0) is 49.7 Å². The molecule has 0 radical (unpaired) electrons. The van der Waals surface area contributed by atoms with Gasteiger partial charge >= 0.3 is 6.09 Å². The Hall–Kier alpha value is -1.55. The normalized spacial score (nSPS) is 27.5. The van der Waals surface area contributed by atoms with Gasteiger partial charge in [0.1, 0.15) is 6.73 Å². The van der Waals surface area contributed by atoms with Gasteiger partial charge in [0.15, 0.2) is 0 Å². The Balaban J connectivity index is 1.33. The minimum Gasteiger partial charge on any atom is -0.433 e. The lowest BCUT2D eigenvalue weighted by molar-refractivity contribution is 0.0218. The minimum absolute atomic E-state index is 0.0916. The molecular weight excluding hydrogens is 276 g/mol. The molecule has 1 amide bonds. The van der Waals surface area contributed by atoms with Crippen LogP contribution in [0.3, 0.4) is 0 Å². The highest BCUT2D eigenvalue weighted by Crippen LogP contribution is 2.35. The van der Waals surface area contributed by atoms with Gasteiger partial charge in [0, 0.05) is 25.2 Å². The average molecular weight is 300 g/mol. The van der Waals surface area contributed by atoms with Crippen LogP contribution in [0.25, 0.3) is 0 Å². The highest BCUT2D eigenvalue weighted by molar-refractivity contribution is 5.69. The van der Waals surface area contributed by atoms with E-state index >= 15 is 0 Å². The summed E-state index contributed by atoms with van der Waals surface area (Å²) in [5.41, 5.74) is 2.79. The Bertz CT molecular complexity index is 544. The molecule has 3 heterocycles. The summed E-state index contributed by atoms with van der Waals surface area (Å²) in [5.74, 6) is 0. The van der Waals surface area contributed by atoms with E-state index in [0.29, 0.717) is 18.8 Å². The summed E-state index contributed by atoms with van der Waals surface area (Å²) in [4.78, 5) is 16.7. The van der Waals surface area contributed by atoms with E-state index in [1.165, 1.54) is 17.5 Å². The molecule has 2 bridgehead atoms. The molecule has 0 aliphatic carbocycles. The first-order chi connectivity index (χ1) is 10.8. The van der Waals surface area contributed by atoms with Crippen LogP contribution >= 0.6 is 0 Å². The Labute approximate surface area is 132 Å². The third-order valence-electron chi connectivity index (χ3n) is 5.49. The van der Waals surface area contributed by atoms with Crippen LogP contribution < -0.4 is 0 Å². The second-order valence-corrected chi connectivity index (χ2v) is 6.83. The second kappa shape index (κ2) is 5.92. The van der Waals surface area contributed by atoms with Crippen LogP contribution in [0, 0.1) is 0 Å². The molecule has 3 aliphatic rings. The van der Waals surface area contributed by atoms with Crippen molar-refractivity contribution in [3.63, 3.8) is 0 Å². The fourth-order valence-corrected chi connectivity index (χ4v) is 4.30. The molecule has 0 spiro atoms. The molecule has 1 aromatic carbocycles. The molecule has 22 heavy (non-hydrogen) atoms. The van der Waals surface area contributed by atoms with Crippen LogP contribution in [0.2, 0.25) is 0 Å². The zero-order chi connectivity index (χ0) is 14.9. The van der Waals surface area contributed by atoms with Crippen molar-refractivity contribution in [2.75, 3.05) is 13.3 Å². The average Bonchev–Trinajstić information content (AvgIpc) is 2.81. The van der Waals surface area contributed by atoms with Crippen molar-refractivity contribution in [3.05, 3.63) is 35.4 Å². The molecule has 0 saturated carbocycles. The molecule has 4 heteroatoms. The fourth-order valence-electron chi connectivity index (χ4n) is 4.30. The molecule has 2 unspecified atom stereocenters. The molecular formula is C18H24N2O2. The predicted molar refractivity (Wildman–Crippen MR) is 84.4 cm³/mol. The van der Waals surface area contributed by atoms with Crippen molar-refractivity contribution in [2.45, 2.75) is 57.2 Å². The molecule has 118 valence electrons. The summed E-state index contributed by atoms with van der Waals surface area (Å²) in [6.45, 7) is 2.27.